The van der Waals surface area contributed by atoms with E-state index in [1.165, 1.54) is 0 Å². The van der Waals surface area contributed by atoms with Crippen LogP contribution in [-0.2, 0) is 9.84 Å². The van der Waals surface area contributed by atoms with Crippen molar-refractivity contribution < 1.29 is 8.42 Å². The zero-order valence-corrected chi connectivity index (χ0v) is 12.7. The molecule has 18 heavy (non-hydrogen) atoms. The zero-order valence-electron chi connectivity index (χ0n) is 10.4. The van der Waals surface area contributed by atoms with Crippen molar-refractivity contribution in [2.45, 2.75) is 25.7 Å². The maximum absolute atomic E-state index is 11.4. The van der Waals surface area contributed by atoms with Gasteiger partial charge >= 0.3 is 0 Å². The molecule has 0 aromatic heterocycles. The average molecular weight is 309 g/mol. The highest BCUT2D eigenvalue weighted by Gasteiger charge is 2.13. The largest absolute Gasteiger partial charge is 0.229 e. The van der Waals surface area contributed by atoms with Gasteiger partial charge in [0.2, 0.25) is 0 Å². The molecule has 1 unspecified atom stereocenters. The molecule has 1 rings (SSSR count). The maximum atomic E-state index is 11.4. The van der Waals surface area contributed by atoms with Crippen molar-refractivity contribution in [3.05, 3.63) is 34.9 Å². The standard InChI is InChI=1S/C13H18Cl2O2S/c1-2-18(16,17)9-3-4-12(10-14)11-5-7-13(15)8-6-11/h5-8,12H,2-4,9-10H2,1H3. The fraction of sp³-hybridized carbons (Fsp3) is 0.538. The van der Waals surface area contributed by atoms with E-state index < -0.39 is 9.84 Å². The van der Waals surface area contributed by atoms with Crippen LogP contribution >= 0.6 is 23.2 Å². The number of alkyl halides is 1. The van der Waals surface area contributed by atoms with Gasteiger partial charge < -0.3 is 0 Å². The summed E-state index contributed by atoms with van der Waals surface area (Å²) in [7, 11) is -2.88. The van der Waals surface area contributed by atoms with Gasteiger partial charge in [0.1, 0.15) is 9.84 Å². The van der Waals surface area contributed by atoms with Crippen LogP contribution in [0.5, 0.6) is 0 Å². The summed E-state index contributed by atoms with van der Waals surface area (Å²) in [4.78, 5) is 0. The van der Waals surface area contributed by atoms with E-state index in [4.69, 9.17) is 23.2 Å². The van der Waals surface area contributed by atoms with Crippen molar-refractivity contribution in [3.8, 4) is 0 Å². The molecule has 1 atom stereocenters. The second-order valence-corrected chi connectivity index (χ2v) is 7.50. The van der Waals surface area contributed by atoms with E-state index in [0.29, 0.717) is 17.3 Å². The molecule has 0 aliphatic rings. The zero-order chi connectivity index (χ0) is 13.6. The van der Waals surface area contributed by atoms with E-state index in [-0.39, 0.29) is 17.4 Å². The Balaban J connectivity index is 2.55. The maximum Gasteiger partial charge on any atom is 0.150 e. The van der Waals surface area contributed by atoms with Gasteiger partial charge in [0.25, 0.3) is 0 Å². The molecule has 0 N–H and O–H groups in total. The molecule has 0 heterocycles. The second-order valence-electron chi connectivity index (χ2n) is 4.28. The minimum Gasteiger partial charge on any atom is -0.229 e. The van der Waals surface area contributed by atoms with Gasteiger partial charge in [-0.2, -0.15) is 0 Å². The molecule has 0 saturated carbocycles. The summed E-state index contributed by atoms with van der Waals surface area (Å²) in [5.74, 6) is 1.13. The molecule has 0 aliphatic heterocycles. The third-order valence-corrected chi connectivity index (χ3v) is 5.39. The van der Waals surface area contributed by atoms with Gasteiger partial charge in [0.05, 0.1) is 5.75 Å². The van der Waals surface area contributed by atoms with Gasteiger partial charge in [-0.3, -0.25) is 0 Å². The lowest BCUT2D eigenvalue weighted by Gasteiger charge is -2.14. The van der Waals surface area contributed by atoms with Crippen molar-refractivity contribution >= 4 is 33.0 Å². The lowest BCUT2D eigenvalue weighted by molar-refractivity contribution is 0.587. The quantitative estimate of drug-likeness (QED) is 0.716. The van der Waals surface area contributed by atoms with Crippen LogP contribution in [0.1, 0.15) is 31.2 Å². The third-order valence-electron chi connectivity index (χ3n) is 2.98. The number of hydrogen-bond donors (Lipinski definition) is 0. The Morgan fingerprint density at radius 2 is 1.83 bits per heavy atom. The number of halogens is 2. The molecule has 0 fully saturated rings. The van der Waals surface area contributed by atoms with Crippen LogP contribution in [0, 0.1) is 0 Å². The van der Waals surface area contributed by atoms with Crippen LogP contribution in [-0.4, -0.2) is 25.8 Å². The fourth-order valence-electron chi connectivity index (χ4n) is 1.76. The minimum atomic E-state index is -2.88. The summed E-state index contributed by atoms with van der Waals surface area (Å²) in [6.45, 7) is 1.67. The van der Waals surface area contributed by atoms with Gasteiger partial charge in [-0.1, -0.05) is 30.7 Å². The number of benzene rings is 1. The second kappa shape index (κ2) is 7.37. The number of sulfone groups is 1. The average Bonchev–Trinajstić information content (AvgIpc) is 2.36. The Morgan fingerprint density at radius 1 is 1.22 bits per heavy atom. The van der Waals surface area contributed by atoms with Crippen molar-refractivity contribution in [3.63, 3.8) is 0 Å². The van der Waals surface area contributed by atoms with Crippen LogP contribution in [0.3, 0.4) is 0 Å². The summed E-state index contributed by atoms with van der Waals surface area (Å²) < 4.78 is 22.8. The summed E-state index contributed by atoms with van der Waals surface area (Å²) in [5, 5.41) is 0.695. The molecule has 102 valence electrons. The smallest absolute Gasteiger partial charge is 0.150 e. The first-order valence-electron chi connectivity index (χ1n) is 6.00. The van der Waals surface area contributed by atoms with Crippen LogP contribution in [0.15, 0.2) is 24.3 Å². The highest BCUT2D eigenvalue weighted by Crippen LogP contribution is 2.24. The Morgan fingerprint density at radius 3 is 2.33 bits per heavy atom. The van der Waals surface area contributed by atoms with Gasteiger partial charge in [-0.15, -0.1) is 11.6 Å². The summed E-state index contributed by atoms with van der Waals surface area (Å²) in [6.07, 6.45) is 1.43. The first kappa shape index (κ1) is 15.8. The molecule has 0 saturated heterocycles. The van der Waals surface area contributed by atoms with E-state index in [0.717, 1.165) is 12.0 Å². The van der Waals surface area contributed by atoms with Crippen molar-refractivity contribution in [1.82, 2.24) is 0 Å². The predicted octanol–water partition coefficient (Wildman–Crippen LogP) is 3.88. The van der Waals surface area contributed by atoms with Crippen LogP contribution in [0.2, 0.25) is 5.02 Å². The van der Waals surface area contributed by atoms with Crippen LogP contribution in [0.4, 0.5) is 0 Å². The molecule has 0 amide bonds. The normalized spacial score (nSPS) is 13.5. The summed E-state index contributed by atoms with van der Waals surface area (Å²) in [6, 6.07) is 7.56. The Labute approximate surface area is 119 Å². The summed E-state index contributed by atoms with van der Waals surface area (Å²) >= 11 is 11.8. The fourth-order valence-corrected chi connectivity index (χ4v) is 3.12. The van der Waals surface area contributed by atoms with E-state index in [2.05, 4.69) is 0 Å². The minimum absolute atomic E-state index is 0.191. The molecule has 0 spiro atoms. The Bertz CT molecular complexity index is 454. The molecule has 2 nitrogen and oxygen atoms in total. The topological polar surface area (TPSA) is 34.1 Å². The Hall–Kier alpha value is -0.250. The number of rotatable bonds is 7. The van der Waals surface area contributed by atoms with Crippen molar-refractivity contribution in [2.75, 3.05) is 17.4 Å². The molecule has 5 heteroatoms. The van der Waals surface area contributed by atoms with Gasteiger partial charge in [0, 0.05) is 16.7 Å². The highest BCUT2D eigenvalue weighted by molar-refractivity contribution is 7.91. The van der Waals surface area contributed by atoms with Gasteiger partial charge in [-0.25, -0.2) is 8.42 Å². The highest BCUT2D eigenvalue weighted by atomic mass is 35.5. The molecule has 1 aromatic carbocycles. The monoisotopic (exact) mass is 308 g/mol. The van der Waals surface area contributed by atoms with E-state index in [1.54, 1.807) is 6.92 Å². The third kappa shape index (κ3) is 5.17. The lowest BCUT2D eigenvalue weighted by atomic mass is 9.96. The van der Waals surface area contributed by atoms with E-state index in [9.17, 15) is 8.42 Å². The lowest BCUT2D eigenvalue weighted by Crippen LogP contribution is -2.10. The molecule has 0 bridgehead atoms. The summed E-state index contributed by atoms with van der Waals surface area (Å²) in [5.41, 5.74) is 1.11. The van der Waals surface area contributed by atoms with Gasteiger partial charge in [0.15, 0.2) is 0 Å². The van der Waals surface area contributed by atoms with Crippen molar-refractivity contribution in [2.24, 2.45) is 0 Å². The molecule has 0 aliphatic carbocycles. The first-order valence-corrected chi connectivity index (χ1v) is 8.73. The molecular weight excluding hydrogens is 291 g/mol. The molecule has 0 radical (unpaired) electrons. The predicted molar refractivity (Wildman–Crippen MR) is 78.5 cm³/mol. The number of hydrogen-bond acceptors (Lipinski definition) is 2. The van der Waals surface area contributed by atoms with Crippen LogP contribution in [0.25, 0.3) is 0 Å². The van der Waals surface area contributed by atoms with Crippen molar-refractivity contribution in [1.29, 1.82) is 0 Å². The molecular formula is C13H18Cl2O2S. The van der Waals surface area contributed by atoms with E-state index >= 15 is 0 Å². The first-order chi connectivity index (χ1) is 8.48. The van der Waals surface area contributed by atoms with Gasteiger partial charge in [-0.05, 0) is 36.5 Å². The Kier molecular flexibility index (Phi) is 6.47. The van der Waals surface area contributed by atoms with E-state index in [1.807, 2.05) is 24.3 Å². The van der Waals surface area contributed by atoms with Crippen LogP contribution < -0.4 is 0 Å². The SMILES string of the molecule is CCS(=O)(=O)CCCC(CCl)c1ccc(Cl)cc1. The molecule has 1 aromatic rings.